The summed E-state index contributed by atoms with van der Waals surface area (Å²) in [5.41, 5.74) is 4.94. The predicted molar refractivity (Wildman–Crippen MR) is 72.7 cm³/mol. The lowest BCUT2D eigenvalue weighted by atomic mass is 10.0. The quantitative estimate of drug-likeness (QED) is 0.652. The molecule has 0 N–H and O–H groups in total. The van der Waals surface area contributed by atoms with E-state index in [-0.39, 0.29) is 0 Å². The molecule has 2 heteroatoms. The lowest BCUT2D eigenvalue weighted by molar-refractivity contribution is -0.477. The fourth-order valence-corrected chi connectivity index (χ4v) is 1.80. The molecule has 0 bridgehead atoms. The van der Waals surface area contributed by atoms with E-state index in [9.17, 15) is 4.91 Å². The van der Waals surface area contributed by atoms with Gasteiger partial charge in [0.1, 0.15) is 0 Å². The van der Waals surface area contributed by atoms with E-state index in [1.807, 2.05) is 6.08 Å². The molecule has 17 heavy (non-hydrogen) atoms. The van der Waals surface area contributed by atoms with E-state index in [4.69, 9.17) is 0 Å². The van der Waals surface area contributed by atoms with E-state index in [1.54, 1.807) is 0 Å². The largest absolute Gasteiger partial charge is 0.213 e. The van der Waals surface area contributed by atoms with Crippen molar-refractivity contribution in [3.8, 4) is 0 Å². The minimum Gasteiger partial charge on any atom is -0.0985 e. The minimum absolute atomic E-state index is 0.448. The van der Waals surface area contributed by atoms with Crippen LogP contribution in [0.4, 0.5) is 0 Å². The normalized spacial score (nSPS) is 15.9. The third-order valence-corrected chi connectivity index (χ3v) is 3.07. The van der Waals surface area contributed by atoms with Crippen LogP contribution in [0.25, 0.3) is 0 Å². The van der Waals surface area contributed by atoms with Crippen molar-refractivity contribution < 1.29 is 4.76 Å². The van der Waals surface area contributed by atoms with E-state index >= 15 is 0 Å². The highest BCUT2D eigenvalue weighted by molar-refractivity contribution is 5.45. The van der Waals surface area contributed by atoms with Crippen molar-refractivity contribution >= 4 is 0 Å². The number of hydrogen-bond donors (Lipinski definition) is 0. The molecule has 0 saturated heterocycles. The standard InChI is InChI=1S/C15H20NO/c1-5-14-11-15(9-10-16(17)6-2)13(4)8-7-12(14)3/h5-6,8,11H,1-2,7,9-10H2,3-4H3/q+1. The van der Waals surface area contributed by atoms with Crippen molar-refractivity contribution in [1.29, 1.82) is 0 Å². The third-order valence-electron chi connectivity index (χ3n) is 3.07. The minimum atomic E-state index is 0.448. The first-order chi connectivity index (χ1) is 8.08. The average molecular weight is 230 g/mol. The second kappa shape index (κ2) is 6.14. The van der Waals surface area contributed by atoms with Gasteiger partial charge >= 0.3 is 0 Å². The lowest BCUT2D eigenvalue weighted by Gasteiger charge is -2.04. The Morgan fingerprint density at radius 2 is 2.12 bits per heavy atom. The van der Waals surface area contributed by atoms with Crippen molar-refractivity contribution in [3.05, 3.63) is 64.8 Å². The molecule has 0 aromatic rings. The molecule has 0 fully saturated rings. The first-order valence-electron chi connectivity index (χ1n) is 5.84. The van der Waals surface area contributed by atoms with Crippen LogP contribution in [0.2, 0.25) is 0 Å². The summed E-state index contributed by atoms with van der Waals surface area (Å²) in [4.78, 5) is 11.2. The molecule has 1 aliphatic rings. The van der Waals surface area contributed by atoms with Gasteiger partial charge in [-0.05, 0) is 38.0 Å². The molecule has 2 nitrogen and oxygen atoms in total. The molecule has 0 heterocycles. The highest BCUT2D eigenvalue weighted by Crippen LogP contribution is 2.25. The van der Waals surface area contributed by atoms with E-state index in [0.717, 1.165) is 17.6 Å². The maximum atomic E-state index is 11.2. The van der Waals surface area contributed by atoms with E-state index in [0.29, 0.717) is 6.54 Å². The smallest absolute Gasteiger partial charge is 0.0985 e. The van der Waals surface area contributed by atoms with Crippen LogP contribution in [0, 0.1) is 4.91 Å². The van der Waals surface area contributed by atoms with Gasteiger partial charge in [-0.25, -0.2) is 0 Å². The van der Waals surface area contributed by atoms with Crippen LogP contribution in [0.1, 0.15) is 26.7 Å². The van der Waals surface area contributed by atoms with Gasteiger partial charge in [0.2, 0.25) is 12.7 Å². The van der Waals surface area contributed by atoms with Crippen molar-refractivity contribution in [2.45, 2.75) is 26.7 Å². The molecule has 0 aromatic carbocycles. The summed E-state index contributed by atoms with van der Waals surface area (Å²) in [6.45, 7) is 11.9. The molecular formula is C15H20NO+. The highest BCUT2D eigenvalue weighted by atomic mass is 16.3. The zero-order valence-electron chi connectivity index (χ0n) is 10.7. The fraction of sp³-hybridized carbons (Fsp3) is 0.333. The topological polar surface area (TPSA) is 20.1 Å². The van der Waals surface area contributed by atoms with Crippen LogP contribution in [-0.4, -0.2) is 11.3 Å². The molecule has 0 aromatic heterocycles. The summed E-state index contributed by atoms with van der Waals surface area (Å²) >= 11 is 0. The van der Waals surface area contributed by atoms with Crippen LogP contribution in [0.5, 0.6) is 0 Å². The number of nitroso groups, excluding NO2 is 1. The zero-order chi connectivity index (χ0) is 12.8. The Balaban J connectivity index is 2.90. The van der Waals surface area contributed by atoms with E-state index in [1.165, 1.54) is 28.5 Å². The maximum absolute atomic E-state index is 11.2. The summed E-state index contributed by atoms with van der Waals surface area (Å²) in [7, 11) is 0. The Kier molecular flexibility index (Phi) is 4.83. The monoisotopic (exact) mass is 230 g/mol. The Labute approximate surface area is 103 Å². The molecule has 0 saturated carbocycles. The van der Waals surface area contributed by atoms with E-state index in [2.05, 4.69) is 39.2 Å². The van der Waals surface area contributed by atoms with Crippen molar-refractivity contribution in [3.63, 3.8) is 0 Å². The lowest BCUT2D eigenvalue weighted by Crippen LogP contribution is -2.03. The second-order valence-corrected chi connectivity index (χ2v) is 4.27. The van der Waals surface area contributed by atoms with Gasteiger partial charge in [-0.15, -0.1) is 0 Å². The number of allylic oxidation sites excluding steroid dienone is 6. The number of rotatable bonds is 5. The van der Waals surface area contributed by atoms with Crippen LogP contribution in [0.15, 0.2) is 59.9 Å². The first kappa shape index (κ1) is 13.4. The molecular weight excluding hydrogens is 210 g/mol. The van der Waals surface area contributed by atoms with Gasteiger partial charge in [0.25, 0.3) is 0 Å². The summed E-state index contributed by atoms with van der Waals surface area (Å²) in [5.74, 6) is 0. The summed E-state index contributed by atoms with van der Waals surface area (Å²) < 4.78 is 0.864. The Hall–Kier alpha value is -1.70. The zero-order valence-corrected chi connectivity index (χ0v) is 10.7. The van der Waals surface area contributed by atoms with Gasteiger partial charge in [0.05, 0.1) is 0 Å². The molecule has 0 unspecified atom stereocenters. The Bertz CT molecular complexity index is 436. The number of nitrogens with zero attached hydrogens (tertiary/aromatic N) is 1. The van der Waals surface area contributed by atoms with Gasteiger partial charge < -0.3 is 0 Å². The van der Waals surface area contributed by atoms with Gasteiger partial charge in [-0.1, -0.05) is 36.0 Å². The van der Waals surface area contributed by atoms with Crippen molar-refractivity contribution in [2.24, 2.45) is 0 Å². The van der Waals surface area contributed by atoms with Gasteiger partial charge in [-0.2, -0.15) is 0 Å². The summed E-state index contributed by atoms with van der Waals surface area (Å²) in [6, 6.07) is 0. The van der Waals surface area contributed by atoms with Gasteiger partial charge in [-0.3, -0.25) is 0 Å². The molecule has 0 spiro atoms. The van der Waals surface area contributed by atoms with E-state index < -0.39 is 0 Å². The molecule has 0 amide bonds. The second-order valence-electron chi connectivity index (χ2n) is 4.27. The summed E-state index contributed by atoms with van der Waals surface area (Å²) in [5, 5.41) is 0. The summed E-state index contributed by atoms with van der Waals surface area (Å²) in [6.07, 6.45) is 9.23. The Morgan fingerprint density at radius 3 is 2.71 bits per heavy atom. The maximum Gasteiger partial charge on any atom is 0.213 e. The molecule has 0 atom stereocenters. The molecule has 1 rings (SSSR count). The average Bonchev–Trinajstić information content (AvgIpc) is 2.47. The van der Waals surface area contributed by atoms with Crippen LogP contribution < -0.4 is 0 Å². The van der Waals surface area contributed by atoms with Gasteiger partial charge in [0, 0.05) is 16.1 Å². The fourth-order valence-electron chi connectivity index (χ4n) is 1.80. The van der Waals surface area contributed by atoms with Crippen LogP contribution in [-0.2, 0) is 0 Å². The molecule has 1 aliphatic carbocycles. The highest BCUT2D eigenvalue weighted by Gasteiger charge is 2.11. The Morgan fingerprint density at radius 1 is 1.41 bits per heavy atom. The van der Waals surface area contributed by atoms with Crippen molar-refractivity contribution in [2.75, 3.05) is 6.54 Å². The molecule has 90 valence electrons. The SMILES string of the molecule is C=CC1=C(C)CC=C(C)C(CC[N+](=O)C=C)=C1. The number of hydrogen-bond acceptors (Lipinski definition) is 1. The first-order valence-corrected chi connectivity index (χ1v) is 5.84. The predicted octanol–water partition coefficient (Wildman–Crippen LogP) is 4.08. The van der Waals surface area contributed by atoms with Gasteiger partial charge in [0.15, 0.2) is 0 Å². The van der Waals surface area contributed by atoms with Crippen molar-refractivity contribution in [1.82, 2.24) is 0 Å². The molecule has 0 radical (unpaired) electrons. The van der Waals surface area contributed by atoms with Crippen LogP contribution in [0.3, 0.4) is 0 Å². The molecule has 0 aliphatic heterocycles. The van der Waals surface area contributed by atoms with Crippen LogP contribution >= 0.6 is 0 Å². The third kappa shape index (κ3) is 3.66.